The van der Waals surface area contributed by atoms with Crippen LogP contribution in [-0.2, 0) is 9.59 Å². The standard InChI is InChI=1S/C13H18O2/c1-8-12(15)5-4-11-6-10(9(2)14)7-13(8,11)3/h7-8,11H,4-6H2,1-3H3/t8-,11+,13-/m0/s1. The fourth-order valence-electron chi connectivity index (χ4n) is 3.05. The molecule has 1 fully saturated rings. The van der Waals surface area contributed by atoms with E-state index in [1.54, 1.807) is 6.92 Å². The number of carbonyl (C=O) groups excluding carboxylic acids is 2. The van der Waals surface area contributed by atoms with Gasteiger partial charge >= 0.3 is 0 Å². The minimum absolute atomic E-state index is 0.0592. The van der Waals surface area contributed by atoms with E-state index in [1.165, 1.54) is 0 Å². The summed E-state index contributed by atoms with van der Waals surface area (Å²) in [6, 6.07) is 0. The van der Waals surface area contributed by atoms with Gasteiger partial charge in [-0.25, -0.2) is 0 Å². The Labute approximate surface area is 90.7 Å². The summed E-state index contributed by atoms with van der Waals surface area (Å²) in [4.78, 5) is 23.1. The van der Waals surface area contributed by atoms with Crippen molar-refractivity contribution in [2.24, 2.45) is 17.3 Å². The number of carbonyl (C=O) groups is 2. The number of Topliss-reactive ketones (excluding diaryl/α,β-unsaturated/α-hetero) is 2. The van der Waals surface area contributed by atoms with Crippen LogP contribution in [0.15, 0.2) is 11.6 Å². The summed E-state index contributed by atoms with van der Waals surface area (Å²) in [5, 5.41) is 0. The molecule has 0 amide bonds. The number of rotatable bonds is 1. The summed E-state index contributed by atoms with van der Waals surface area (Å²) >= 11 is 0. The van der Waals surface area contributed by atoms with E-state index in [0.717, 1.165) is 18.4 Å². The van der Waals surface area contributed by atoms with Crippen LogP contribution < -0.4 is 0 Å². The van der Waals surface area contributed by atoms with Crippen LogP contribution in [0.2, 0.25) is 0 Å². The van der Waals surface area contributed by atoms with Gasteiger partial charge in [0.2, 0.25) is 0 Å². The zero-order valence-electron chi connectivity index (χ0n) is 9.67. The third-order valence-corrected chi connectivity index (χ3v) is 4.44. The molecule has 0 heterocycles. The van der Waals surface area contributed by atoms with Crippen molar-refractivity contribution in [1.29, 1.82) is 0 Å². The van der Waals surface area contributed by atoms with E-state index in [4.69, 9.17) is 0 Å². The number of hydrogen-bond acceptors (Lipinski definition) is 2. The van der Waals surface area contributed by atoms with Crippen LogP contribution in [0.4, 0.5) is 0 Å². The predicted octanol–water partition coefficient (Wildman–Crippen LogP) is 2.53. The molecule has 2 rings (SSSR count). The zero-order valence-corrected chi connectivity index (χ0v) is 9.67. The van der Waals surface area contributed by atoms with E-state index in [2.05, 4.69) is 13.0 Å². The second-order valence-electron chi connectivity index (χ2n) is 5.22. The van der Waals surface area contributed by atoms with E-state index in [1.807, 2.05) is 6.92 Å². The first-order chi connectivity index (χ1) is 6.95. The van der Waals surface area contributed by atoms with E-state index in [-0.39, 0.29) is 17.1 Å². The van der Waals surface area contributed by atoms with Crippen LogP contribution in [0.5, 0.6) is 0 Å². The molecule has 2 aliphatic rings. The molecule has 0 N–H and O–H groups in total. The van der Waals surface area contributed by atoms with Gasteiger partial charge in [0, 0.05) is 12.3 Å². The highest BCUT2D eigenvalue weighted by molar-refractivity contribution is 5.94. The number of ketones is 2. The molecule has 0 aromatic heterocycles. The largest absolute Gasteiger partial charge is 0.299 e. The lowest BCUT2D eigenvalue weighted by atomic mass is 9.63. The molecule has 15 heavy (non-hydrogen) atoms. The van der Waals surface area contributed by atoms with Crippen LogP contribution in [-0.4, -0.2) is 11.6 Å². The lowest BCUT2D eigenvalue weighted by molar-refractivity contribution is -0.129. The maximum atomic E-state index is 11.7. The maximum Gasteiger partial charge on any atom is 0.155 e. The molecule has 0 bridgehead atoms. The fraction of sp³-hybridized carbons (Fsp3) is 0.692. The first-order valence-electron chi connectivity index (χ1n) is 5.70. The fourth-order valence-corrected chi connectivity index (χ4v) is 3.05. The SMILES string of the molecule is CC(=O)C1=C[C@]2(C)[C@H](CCC(=O)[C@@H]2C)C1. The van der Waals surface area contributed by atoms with Crippen molar-refractivity contribution in [1.82, 2.24) is 0 Å². The van der Waals surface area contributed by atoms with Gasteiger partial charge in [-0.1, -0.05) is 19.9 Å². The van der Waals surface area contributed by atoms with E-state index < -0.39 is 0 Å². The highest BCUT2D eigenvalue weighted by atomic mass is 16.1. The molecule has 0 aromatic rings. The smallest absolute Gasteiger partial charge is 0.155 e. The van der Waals surface area contributed by atoms with Crippen molar-refractivity contribution in [3.63, 3.8) is 0 Å². The second kappa shape index (κ2) is 3.29. The average Bonchev–Trinajstić information content (AvgIpc) is 2.52. The summed E-state index contributed by atoms with van der Waals surface area (Å²) in [7, 11) is 0. The molecule has 0 aromatic carbocycles. The Morgan fingerprint density at radius 3 is 2.80 bits per heavy atom. The molecule has 0 unspecified atom stereocenters. The molecule has 2 aliphatic carbocycles. The van der Waals surface area contributed by atoms with Crippen molar-refractivity contribution >= 4 is 11.6 Å². The molecule has 0 radical (unpaired) electrons. The van der Waals surface area contributed by atoms with Crippen molar-refractivity contribution in [3.05, 3.63) is 11.6 Å². The van der Waals surface area contributed by atoms with Gasteiger partial charge in [0.25, 0.3) is 0 Å². The van der Waals surface area contributed by atoms with Gasteiger partial charge < -0.3 is 0 Å². The average molecular weight is 206 g/mol. The van der Waals surface area contributed by atoms with Crippen molar-refractivity contribution in [2.75, 3.05) is 0 Å². The predicted molar refractivity (Wildman–Crippen MR) is 58.4 cm³/mol. The zero-order chi connectivity index (χ0) is 11.2. The Morgan fingerprint density at radius 1 is 1.53 bits per heavy atom. The molecular weight excluding hydrogens is 188 g/mol. The van der Waals surface area contributed by atoms with Gasteiger partial charge in [0.15, 0.2) is 5.78 Å². The molecule has 0 saturated heterocycles. The van der Waals surface area contributed by atoms with Crippen LogP contribution in [0, 0.1) is 17.3 Å². The third kappa shape index (κ3) is 1.47. The quantitative estimate of drug-likeness (QED) is 0.660. The normalized spacial score (nSPS) is 39.9. The molecule has 2 nitrogen and oxygen atoms in total. The highest BCUT2D eigenvalue weighted by Gasteiger charge is 2.48. The Hall–Kier alpha value is -0.920. The third-order valence-electron chi connectivity index (χ3n) is 4.44. The first-order valence-corrected chi connectivity index (χ1v) is 5.70. The van der Waals surface area contributed by atoms with Gasteiger partial charge in [-0.15, -0.1) is 0 Å². The summed E-state index contributed by atoms with van der Waals surface area (Å²) in [5.41, 5.74) is 0.875. The minimum atomic E-state index is -0.0592. The van der Waals surface area contributed by atoms with Gasteiger partial charge in [-0.05, 0) is 36.7 Å². The number of hydrogen-bond donors (Lipinski definition) is 0. The Balaban J connectivity index is 2.35. The summed E-state index contributed by atoms with van der Waals surface area (Å²) in [5.74, 6) is 1.11. The molecule has 82 valence electrons. The van der Waals surface area contributed by atoms with Gasteiger partial charge in [-0.2, -0.15) is 0 Å². The van der Waals surface area contributed by atoms with Crippen LogP contribution >= 0.6 is 0 Å². The van der Waals surface area contributed by atoms with Crippen molar-refractivity contribution in [2.45, 2.75) is 40.0 Å². The van der Waals surface area contributed by atoms with Crippen LogP contribution in [0.3, 0.4) is 0 Å². The van der Waals surface area contributed by atoms with Gasteiger partial charge in [-0.3, -0.25) is 9.59 Å². The van der Waals surface area contributed by atoms with Gasteiger partial charge in [0.1, 0.15) is 5.78 Å². The summed E-state index contributed by atoms with van der Waals surface area (Å²) in [6.07, 6.45) is 4.60. The Bertz CT molecular complexity index is 354. The lowest BCUT2D eigenvalue weighted by Crippen LogP contribution is -2.38. The monoisotopic (exact) mass is 206 g/mol. The molecule has 2 heteroatoms. The molecule has 0 aliphatic heterocycles. The summed E-state index contributed by atoms with van der Waals surface area (Å²) < 4.78 is 0. The maximum absolute atomic E-state index is 11.7. The van der Waals surface area contributed by atoms with Crippen LogP contribution in [0.25, 0.3) is 0 Å². The summed E-state index contributed by atoms with van der Waals surface area (Å²) in [6.45, 7) is 5.77. The highest BCUT2D eigenvalue weighted by Crippen LogP contribution is 2.52. The van der Waals surface area contributed by atoms with E-state index in [9.17, 15) is 9.59 Å². The topological polar surface area (TPSA) is 34.1 Å². The lowest BCUT2D eigenvalue weighted by Gasteiger charge is -2.40. The van der Waals surface area contributed by atoms with E-state index >= 15 is 0 Å². The van der Waals surface area contributed by atoms with Crippen molar-refractivity contribution < 1.29 is 9.59 Å². The molecule has 3 atom stereocenters. The Kier molecular flexibility index (Phi) is 2.32. The van der Waals surface area contributed by atoms with Crippen molar-refractivity contribution in [3.8, 4) is 0 Å². The minimum Gasteiger partial charge on any atom is -0.299 e. The van der Waals surface area contributed by atoms with Crippen LogP contribution in [0.1, 0.15) is 40.0 Å². The first kappa shape index (κ1) is 10.6. The Morgan fingerprint density at radius 2 is 2.20 bits per heavy atom. The number of allylic oxidation sites excluding steroid dienone is 2. The second-order valence-corrected chi connectivity index (χ2v) is 5.22. The molecule has 1 saturated carbocycles. The molecule has 0 spiro atoms. The number of fused-ring (bicyclic) bond motifs is 1. The van der Waals surface area contributed by atoms with E-state index in [0.29, 0.717) is 18.1 Å². The van der Waals surface area contributed by atoms with Gasteiger partial charge in [0.05, 0.1) is 0 Å². The molecular formula is C13H18O2.